The predicted octanol–water partition coefficient (Wildman–Crippen LogP) is 3.72. The molecule has 0 aliphatic carbocycles. The van der Waals surface area contributed by atoms with Gasteiger partial charge in [-0.05, 0) is 37.4 Å². The highest BCUT2D eigenvalue weighted by Crippen LogP contribution is 2.40. The average Bonchev–Trinajstić information content (AvgIpc) is 3.05. The summed E-state index contributed by atoms with van der Waals surface area (Å²) >= 11 is 6.45. The molecule has 2 aromatic rings. The molecule has 0 unspecified atom stereocenters. The predicted molar refractivity (Wildman–Crippen MR) is 96.1 cm³/mol. The summed E-state index contributed by atoms with van der Waals surface area (Å²) < 4.78 is 7.27. The molecule has 0 spiro atoms. The van der Waals surface area contributed by atoms with Crippen LogP contribution in [0.2, 0.25) is 0 Å². The Morgan fingerprint density at radius 1 is 1.50 bits per heavy atom. The molecular weight excluding hydrogens is 348 g/mol. The van der Waals surface area contributed by atoms with Crippen LogP contribution in [0.25, 0.3) is 11.6 Å². The number of ether oxygens (including phenoxy) is 1. The third-order valence-electron chi connectivity index (χ3n) is 3.67. The summed E-state index contributed by atoms with van der Waals surface area (Å²) in [4.78, 5) is 16.2. The first kappa shape index (κ1) is 16.4. The highest BCUT2D eigenvalue weighted by Gasteiger charge is 2.27. The number of aliphatic imine (C=N–C) groups is 1. The molecule has 6 nitrogen and oxygen atoms in total. The van der Waals surface area contributed by atoms with Crippen LogP contribution in [0.3, 0.4) is 0 Å². The number of carboxylic acids is 1. The minimum absolute atomic E-state index is 0.0340. The Bertz CT molecular complexity index is 953. The zero-order chi connectivity index (χ0) is 17.4. The largest absolute Gasteiger partial charge is 0.497 e. The summed E-state index contributed by atoms with van der Waals surface area (Å²) in [5.74, 6) is -0.500. The summed E-state index contributed by atoms with van der Waals surface area (Å²) in [5, 5.41) is 19.7. The number of fused-ring (bicyclic) bond motifs is 1. The van der Waals surface area contributed by atoms with Gasteiger partial charge in [-0.3, -0.25) is 4.57 Å². The Balaban J connectivity index is 2.18. The first-order valence-electron chi connectivity index (χ1n) is 7.11. The number of methoxy groups -OCH3 is 1. The number of rotatable bonds is 4. The summed E-state index contributed by atoms with van der Waals surface area (Å²) in [6, 6.07) is 5.18. The van der Waals surface area contributed by atoms with E-state index in [-0.39, 0.29) is 11.6 Å². The van der Waals surface area contributed by atoms with Crippen LogP contribution in [0.1, 0.15) is 17.4 Å². The maximum absolute atomic E-state index is 11.6. The minimum Gasteiger partial charge on any atom is -0.497 e. The molecule has 1 aromatic carbocycles. The van der Waals surface area contributed by atoms with Crippen molar-refractivity contribution in [2.45, 2.75) is 13.5 Å². The SMILES string of the molecule is CCn1c(O)c(C=C2C(C(=O)O)=Nc3cc(OC)ccc32)sc1=S. The lowest BCUT2D eigenvalue weighted by Crippen LogP contribution is -2.11. The van der Waals surface area contributed by atoms with E-state index >= 15 is 0 Å². The van der Waals surface area contributed by atoms with Crippen LogP contribution in [0.15, 0.2) is 23.2 Å². The smallest absolute Gasteiger partial charge is 0.355 e. The van der Waals surface area contributed by atoms with Gasteiger partial charge in [0.05, 0.1) is 17.7 Å². The molecule has 3 rings (SSSR count). The van der Waals surface area contributed by atoms with E-state index in [1.165, 1.54) is 18.4 Å². The van der Waals surface area contributed by atoms with E-state index in [1.807, 2.05) is 6.92 Å². The van der Waals surface area contributed by atoms with Gasteiger partial charge >= 0.3 is 5.97 Å². The molecular formula is C16H14N2O4S2. The van der Waals surface area contributed by atoms with E-state index in [2.05, 4.69) is 4.99 Å². The van der Waals surface area contributed by atoms with Crippen molar-refractivity contribution in [1.29, 1.82) is 0 Å². The average molecular weight is 362 g/mol. The van der Waals surface area contributed by atoms with Crippen LogP contribution in [-0.4, -0.2) is 33.6 Å². The molecule has 2 heterocycles. The Labute approximate surface area is 147 Å². The summed E-state index contributed by atoms with van der Waals surface area (Å²) in [5.41, 5.74) is 1.57. The summed E-state index contributed by atoms with van der Waals surface area (Å²) in [6.45, 7) is 2.42. The zero-order valence-electron chi connectivity index (χ0n) is 12.9. The summed E-state index contributed by atoms with van der Waals surface area (Å²) in [6.07, 6.45) is 1.62. The topological polar surface area (TPSA) is 84.1 Å². The maximum Gasteiger partial charge on any atom is 0.355 e. The van der Waals surface area contributed by atoms with Gasteiger partial charge in [0.2, 0.25) is 5.88 Å². The number of benzene rings is 1. The number of nitrogens with zero attached hydrogens (tertiary/aromatic N) is 2. The second-order valence-corrected chi connectivity index (χ2v) is 6.68. The maximum atomic E-state index is 11.6. The van der Waals surface area contributed by atoms with Gasteiger partial charge in [0.1, 0.15) is 5.75 Å². The van der Waals surface area contributed by atoms with Crippen molar-refractivity contribution in [1.82, 2.24) is 4.57 Å². The van der Waals surface area contributed by atoms with Crippen LogP contribution in [0.5, 0.6) is 11.6 Å². The molecule has 0 saturated heterocycles. The van der Waals surface area contributed by atoms with Gasteiger partial charge in [-0.15, -0.1) is 11.3 Å². The van der Waals surface area contributed by atoms with Gasteiger partial charge < -0.3 is 14.9 Å². The molecule has 0 radical (unpaired) electrons. The van der Waals surface area contributed by atoms with E-state index in [9.17, 15) is 15.0 Å². The lowest BCUT2D eigenvalue weighted by atomic mass is 10.0. The fourth-order valence-corrected chi connectivity index (χ4v) is 3.87. The Morgan fingerprint density at radius 2 is 2.25 bits per heavy atom. The molecule has 124 valence electrons. The lowest BCUT2D eigenvalue weighted by Gasteiger charge is -2.04. The molecule has 8 heteroatoms. The number of aromatic hydroxyl groups is 1. The number of carboxylic acid groups (broad SMARTS) is 1. The van der Waals surface area contributed by atoms with Crippen molar-refractivity contribution in [3.05, 3.63) is 32.6 Å². The fourth-order valence-electron chi connectivity index (χ4n) is 2.49. The first-order valence-corrected chi connectivity index (χ1v) is 8.33. The minimum atomic E-state index is -1.13. The van der Waals surface area contributed by atoms with Gasteiger partial charge in [0.25, 0.3) is 0 Å². The zero-order valence-corrected chi connectivity index (χ0v) is 14.6. The highest BCUT2D eigenvalue weighted by atomic mass is 32.1. The molecule has 2 N–H and O–H groups in total. The van der Waals surface area contributed by atoms with E-state index in [1.54, 1.807) is 28.8 Å². The van der Waals surface area contributed by atoms with Crippen LogP contribution >= 0.6 is 23.6 Å². The lowest BCUT2D eigenvalue weighted by molar-refractivity contribution is -0.129. The molecule has 1 aliphatic rings. The molecule has 0 bridgehead atoms. The van der Waals surface area contributed by atoms with Gasteiger partial charge in [-0.1, -0.05) is 0 Å². The third-order valence-corrected chi connectivity index (χ3v) is 5.06. The molecule has 24 heavy (non-hydrogen) atoms. The number of carbonyl (C=O) groups is 1. The Morgan fingerprint density at radius 3 is 2.83 bits per heavy atom. The van der Waals surface area contributed by atoms with E-state index < -0.39 is 5.97 Å². The number of hydrogen-bond acceptors (Lipinski definition) is 6. The van der Waals surface area contributed by atoms with Gasteiger partial charge in [0.15, 0.2) is 9.67 Å². The highest BCUT2D eigenvalue weighted by molar-refractivity contribution is 7.73. The number of aliphatic carboxylic acids is 1. The quantitative estimate of drug-likeness (QED) is 0.810. The third kappa shape index (κ3) is 2.63. The second kappa shape index (κ2) is 6.21. The Kier molecular flexibility index (Phi) is 4.25. The second-order valence-electron chi connectivity index (χ2n) is 5.01. The number of aromatic nitrogens is 1. The van der Waals surface area contributed by atoms with E-state index in [4.69, 9.17) is 17.0 Å². The van der Waals surface area contributed by atoms with Crippen molar-refractivity contribution < 1.29 is 19.7 Å². The summed E-state index contributed by atoms with van der Waals surface area (Å²) in [7, 11) is 1.54. The normalized spacial score (nSPS) is 14.6. The molecule has 0 saturated carbocycles. The molecule has 1 aromatic heterocycles. The Hall–Kier alpha value is -2.45. The van der Waals surface area contributed by atoms with E-state index in [0.29, 0.717) is 37.9 Å². The van der Waals surface area contributed by atoms with E-state index in [0.717, 1.165) is 0 Å². The van der Waals surface area contributed by atoms with Gasteiger partial charge in [-0.25, -0.2) is 9.79 Å². The number of thiazole rings is 1. The van der Waals surface area contributed by atoms with Crippen LogP contribution in [0, 0.1) is 3.95 Å². The molecule has 0 fully saturated rings. The monoisotopic (exact) mass is 362 g/mol. The molecule has 1 aliphatic heterocycles. The van der Waals surface area contributed by atoms with Crippen molar-refractivity contribution in [3.8, 4) is 11.6 Å². The van der Waals surface area contributed by atoms with Gasteiger partial charge in [0, 0.05) is 23.7 Å². The van der Waals surface area contributed by atoms with Crippen molar-refractivity contribution >= 4 is 52.6 Å². The van der Waals surface area contributed by atoms with Crippen LogP contribution in [0.4, 0.5) is 5.69 Å². The van der Waals surface area contributed by atoms with Crippen molar-refractivity contribution in [3.63, 3.8) is 0 Å². The molecule has 0 atom stereocenters. The van der Waals surface area contributed by atoms with Gasteiger partial charge in [-0.2, -0.15) is 0 Å². The number of hydrogen-bond donors (Lipinski definition) is 2. The fraction of sp³-hybridized carbons (Fsp3) is 0.188. The standard InChI is InChI=1S/C16H14N2O4S2/c1-3-18-14(19)12(24-16(18)23)7-10-9-5-4-8(22-2)6-11(9)17-13(10)15(20)21/h4-7,19H,3H2,1-2H3,(H,20,21). The van der Waals surface area contributed by atoms with Crippen molar-refractivity contribution in [2.75, 3.05) is 7.11 Å². The first-order chi connectivity index (χ1) is 11.5. The van der Waals surface area contributed by atoms with Crippen LogP contribution < -0.4 is 4.74 Å². The van der Waals surface area contributed by atoms with Crippen LogP contribution in [-0.2, 0) is 11.3 Å². The van der Waals surface area contributed by atoms with Crippen molar-refractivity contribution in [2.24, 2.45) is 4.99 Å². The molecule has 0 amide bonds.